The molecule has 1 aliphatic carbocycles. The summed E-state index contributed by atoms with van der Waals surface area (Å²) >= 11 is 0. The fraction of sp³-hybridized carbons (Fsp3) is 0.440. The molecule has 132 valence electrons. The lowest BCUT2D eigenvalue weighted by Crippen LogP contribution is -2.01. The maximum Gasteiger partial charge on any atom is 0.0281 e. The van der Waals surface area contributed by atoms with Gasteiger partial charge in [-0.3, -0.25) is 0 Å². The molecule has 0 heteroatoms. The Kier molecular flexibility index (Phi) is 6.91. The van der Waals surface area contributed by atoms with Gasteiger partial charge in [0.05, 0.1) is 0 Å². The van der Waals surface area contributed by atoms with Crippen molar-refractivity contribution in [2.45, 2.75) is 70.6 Å². The van der Waals surface area contributed by atoms with Gasteiger partial charge in [0, 0.05) is 5.92 Å². The lowest BCUT2D eigenvalue weighted by molar-refractivity contribution is 0.575. The van der Waals surface area contributed by atoms with E-state index in [1.807, 2.05) is 0 Å². The summed E-state index contributed by atoms with van der Waals surface area (Å²) in [6.07, 6.45) is 17.0. The maximum atomic E-state index is 2.37. The largest absolute Gasteiger partial charge is 0.0720 e. The van der Waals surface area contributed by atoms with E-state index in [0.717, 1.165) is 0 Å². The van der Waals surface area contributed by atoms with Crippen LogP contribution in [0.25, 0.3) is 6.08 Å². The van der Waals surface area contributed by atoms with E-state index in [4.69, 9.17) is 0 Å². The van der Waals surface area contributed by atoms with E-state index < -0.39 is 0 Å². The first-order valence-electron chi connectivity index (χ1n) is 10.2. The first-order valence-corrected chi connectivity index (χ1v) is 10.2. The van der Waals surface area contributed by atoms with Gasteiger partial charge in [0.2, 0.25) is 0 Å². The monoisotopic (exact) mass is 332 g/mol. The molecular weight excluding hydrogens is 300 g/mol. The second-order valence-electron chi connectivity index (χ2n) is 7.39. The van der Waals surface area contributed by atoms with E-state index in [-0.39, 0.29) is 0 Å². The lowest BCUT2D eigenvalue weighted by Gasteiger charge is -2.16. The third kappa shape index (κ3) is 4.84. The molecule has 1 unspecified atom stereocenters. The van der Waals surface area contributed by atoms with Crippen LogP contribution in [0.1, 0.15) is 86.5 Å². The summed E-state index contributed by atoms with van der Waals surface area (Å²) in [5.74, 6) is 0.446. The van der Waals surface area contributed by atoms with Crippen molar-refractivity contribution >= 4 is 6.08 Å². The SMILES string of the molecule is CCCCCCCCCCc1ccccc1C1C=Cc2ccccc21. The molecule has 0 spiro atoms. The van der Waals surface area contributed by atoms with Gasteiger partial charge in [-0.1, -0.05) is 113 Å². The molecule has 2 aromatic rings. The second kappa shape index (κ2) is 9.61. The van der Waals surface area contributed by atoms with Gasteiger partial charge in [0.1, 0.15) is 0 Å². The van der Waals surface area contributed by atoms with Crippen LogP contribution in [0.3, 0.4) is 0 Å². The Hall–Kier alpha value is -1.82. The van der Waals surface area contributed by atoms with Gasteiger partial charge >= 0.3 is 0 Å². The summed E-state index contributed by atoms with van der Waals surface area (Å²) in [6, 6.07) is 17.9. The Labute approximate surface area is 154 Å². The van der Waals surface area contributed by atoms with E-state index in [0.29, 0.717) is 5.92 Å². The Bertz CT molecular complexity index is 680. The number of unbranched alkanes of at least 4 members (excludes halogenated alkanes) is 7. The summed E-state index contributed by atoms with van der Waals surface area (Å²) < 4.78 is 0. The average Bonchev–Trinajstić information content (AvgIpc) is 3.08. The van der Waals surface area contributed by atoms with Crippen molar-refractivity contribution < 1.29 is 0 Å². The number of allylic oxidation sites excluding steroid dienone is 1. The van der Waals surface area contributed by atoms with E-state index in [1.54, 1.807) is 5.56 Å². The maximum absolute atomic E-state index is 2.37. The molecule has 0 N–H and O–H groups in total. The van der Waals surface area contributed by atoms with Crippen molar-refractivity contribution in [3.05, 3.63) is 76.9 Å². The number of rotatable bonds is 10. The normalized spacial score (nSPS) is 15.5. The minimum atomic E-state index is 0.446. The molecule has 0 saturated carbocycles. The van der Waals surface area contributed by atoms with Crippen molar-refractivity contribution in [3.8, 4) is 0 Å². The van der Waals surface area contributed by atoms with Crippen molar-refractivity contribution in [1.29, 1.82) is 0 Å². The quantitative estimate of drug-likeness (QED) is 0.394. The third-order valence-corrected chi connectivity index (χ3v) is 5.49. The predicted molar refractivity (Wildman–Crippen MR) is 110 cm³/mol. The minimum absolute atomic E-state index is 0.446. The van der Waals surface area contributed by atoms with Gasteiger partial charge in [0.25, 0.3) is 0 Å². The van der Waals surface area contributed by atoms with E-state index in [9.17, 15) is 0 Å². The molecule has 0 aliphatic heterocycles. The standard InChI is InChI=1S/C25H32/c1-2-3-4-5-6-7-8-9-14-21-15-10-12-17-23(21)25-20-19-22-16-11-13-18-24(22)25/h10-13,15-20,25H,2-9,14H2,1H3. The summed E-state index contributed by atoms with van der Waals surface area (Å²) in [6.45, 7) is 2.29. The fourth-order valence-electron chi connectivity index (χ4n) is 4.04. The van der Waals surface area contributed by atoms with Gasteiger partial charge in [-0.25, -0.2) is 0 Å². The van der Waals surface area contributed by atoms with Gasteiger partial charge in [-0.15, -0.1) is 0 Å². The molecule has 2 aromatic carbocycles. The van der Waals surface area contributed by atoms with E-state index in [1.165, 1.54) is 74.5 Å². The first-order chi connectivity index (χ1) is 12.4. The number of aryl methyl sites for hydroxylation is 1. The highest BCUT2D eigenvalue weighted by Gasteiger charge is 2.20. The van der Waals surface area contributed by atoms with Crippen LogP contribution in [-0.2, 0) is 6.42 Å². The Morgan fingerprint density at radius 1 is 0.680 bits per heavy atom. The topological polar surface area (TPSA) is 0 Å². The molecule has 25 heavy (non-hydrogen) atoms. The van der Waals surface area contributed by atoms with Crippen LogP contribution < -0.4 is 0 Å². The van der Waals surface area contributed by atoms with Gasteiger partial charge in [-0.05, 0) is 35.1 Å². The minimum Gasteiger partial charge on any atom is -0.0720 e. The lowest BCUT2D eigenvalue weighted by atomic mass is 9.88. The van der Waals surface area contributed by atoms with Crippen molar-refractivity contribution in [1.82, 2.24) is 0 Å². The molecule has 0 heterocycles. The first kappa shape index (κ1) is 18.0. The summed E-state index contributed by atoms with van der Waals surface area (Å²) in [5.41, 5.74) is 5.90. The van der Waals surface area contributed by atoms with Crippen molar-refractivity contribution in [2.75, 3.05) is 0 Å². The molecule has 0 bridgehead atoms. The molecular formula is C25H32. The molecule has 1 aliphatic rings. The summed E-state index contributed by atoms with van der Waals surface area (Å²) in [4.78, 5) is 0. The van der Waals surface area contributed by atoms with Crippen LogP contribution in [0.5, 0.6) is 0 Å². The zero-order chi connectivity index (χ0) is 17.3. The number of benzene rings is 2. The number of hydrogen-bond donors (Lipinski definition) is 0. The zero-order valence-electron chi connectivity index (χ0n) is 15.7. The van der Waals surface area contributed by atoms with Crippen LogP contribution in [-0.4, -0.2) is 0 Å². The molecule has 0 amide bonds. The van der Waals surface area contributed by atoms with Gasteiger partial charge < -0.3 is 0 Å². The molecule has 1 atom stereocenters. The average molecular weight is 333 g/mol. The molecule has 0 nitrogen and oxygen atoms in total. The summed E-state index contributed by atoms with van der Waals surface area (Å²) in [7, 11) is 0. The molecule has 0 aromatic heterocycles. The Morgan fingerprint density at radius 3 is 2.12 bits per heavy atom. The van der Waals surface area contributed by atoms with Crippen LogP contribution in [0.4, 0.5) is 0 Å². The Morgan fingerprint density at radius 2 is 1.32 bits per heavy atom. The van der Waals surface area contributed by atoms with E-state index in [2.05, 4.69) is 67.6 Å². The van der Waals surface area contributed by atoms with Crippen LogP contribution in [0, 0.1) is 0 Å². The van der Waals surface area contributed by atoms with Gasteiger partial charge in [0.15, 0.2) is 0 Å². The fourth-order valence-corrected chi connectivity index (χ4v) is 4.04. The smallest absolute Gasteiger partial charge is 0.0281 e. The molecule has 0 fully saturated rings. The highest BCUT2D eigenvalue weighted by Crippen LogP contribution is 2.37. The van der Waals surface area contributed by atoms with Crippen LogP contribution in [0.15, 0.2) is 54.6 Å². The predicted octanol–water partition coefficient (Wildman–Crippen LogP) is 7.53. The second-order valence-corrected chi connectivity index (χ2v) is 7.39. The molecule has 0 saturated heterocycles. The number of hydrogen-bond acceptors (Lipinski definition) is 0. The zero-order valence-corrected chi connectivity index (χ0v) is 15.7. The Balaban J connectivity index is 1.53. The van der Waals surface area contributed by atoms with Crippen LogP contribution >= 0.6 is 0 Å². The van der Waals surface area contributed by atoms with Crippen molar-refractivity contribution in [3.63, 3.8) is 0 Å². The molecule has 0 radical (unpaired) electrons. The highest BCUT2D eigenvalue weighted by atomic mass is 14.2. The van der Waals surface area contributed by atoms with Crippen molar-refractivity contribution in [2.24, 2.45) is 0 Å². The number of fused-ring (bicyclic) bond motifs is 1. The van der Waals surface area contributed by atoms with Crippen LogP contribution in [0.2, 0.25) is 0 Å². The van der Waals surface area contributed by atoms with Gasteiger partial charge in [-0.2, -0.15) is 0 Å². The van der Waals surface area contributed by atoms with E-state index >= 15 is 0 Å². The molecule has 3 rings (SSSR count). The highest BCUT2D eigenvalue weighted by molar-refractivity contribution is 5.65. The summed E-state index contributed by atoms with van der Waals surface area (Å²) in [5, 5.41) is 0. The third-order valence-electron chi connectivity index (χ3n) is 5.49.